The highest BCUT2D eigenvalue weighted by molar-refractivity contribution is 6.08. The normalized spacial score (nSPS) is 10.7. The van der Waals surface area contributed by atoms with Crippen molar-refractivity contribution in [3.05, 3.63) is 11.8 Å². The van der Waals surface area contributed by atoms with E-state index in [2.05, 4.69) is 4.74 Å². The van der Waals surface area contributed by atoms with E-state index in [1.807, 2.05) is 0 Å². The molecule has 0 saturated heterocycles. The van der Waals surface area contributed by atoms with Crippen molar-refractivity contribution in [2.75, 3.05) is 6.61 Å². The molecule has 0 aromatic heterocycles. The van der Waals surface area contributed by atoms with Gasteiger partial charge in [-0.3, -0.25) is 0 Å². The molecule has 0 rings (SSSR count). The molecule has 0 heterocycles. The Morgan fingerprint density at radius 2 is 2.40 bits per heavy atom. The molecule has 0 amide bonds. The second kappa shape index (κ2) is 4.55. The molecule has 56 valence electrons. The standard InChI is InChI=1S/C6H10N2O2/c1-2-10-6(9)5(3-7)4-8/h3-4,7H,2,8H2,1H3/b5-4+,7-3?. The van der Waals surface area contributed by atoms with Gasteiger partial charge in [-0.25, -0.2) is 4.79 Å². The largest absolute Gasteiger partial charge is 0.462 e. The zero-order valence-electron chi connectivity index (χ0n) is 5.76. The molecule has 0 spiro atoms. The second-order valence-electron chi connectivity index (χ2n) is 1.49. The molecule has 4 nitrogen and oxygen atoms in total. The summed E-state index contributed by atoms with van der Waals surface area (Å²) >= 11 is 0. The number of hydrogen-bond acceptors (Lipinski definition) is 4. The van der Waals surface area contributed by atoms with Crippen LogP contribution in [0.15, 0.2) is 11.8 Å². The Morgan fingerprint density at radius 3 is 2.70 bits per heavy atom. The first-order chi connectivity index (χ1) is 4.76. The molecule has 0 aliphatic rings. The third kappa shape index (κ3) is 2.30. The predicted molar refractivity (Wildman–Crippen MR) is 37.7 cm³/mol. The van der Waals surface area contributed by atoms with Crippen molar-refractivity contribution >= 4 is 12.2 Å². The monoisotopic (exact) mass is 142 g/mol. The van der Waals surface area contributed by atoms with E-state index in [-0.39, 0.29) is 5.57 Å². The smallest absolute Gasteiger partial charge is 0.341 e. The van der Waals surface area contributed by atoms with Crippen LogP contribution in [0.1, 0.15) is 6.92 Å². The van der Waals surface area contributed by atoms with Gasteiger partial charge in [-0.15, -0.1) is 0 Å². The number of nitrogens with one attached hydrogen (secondary N) is 1. The lowest BCUT2D eigenvalue weighted by atomic mass is 10.3. The summed E-state index contributed by atoms with van der Waals surface area (Å²) in [5.41, 5.74) is 5.07. The van der Waals surface area contributed by atoms with Gasteiger partial charge in [0.25, 0.3) is 0 Å². The van der Waals surface area contributed by atoms with Crippen LogP contribution >= 0.6 is 0 Å². The third-order valence-corrected chi connectivity index (χ3v) is 0.846. The molecule has 0 saturated carbocycles. The molecular weight excluding hydrogens is 132 g/mol. The van der Waals surface area contributed by atoms with Crippen LogP contribution in [0.4, 0.5) is 0 Å². The van der Waals surface area contributed by atoms with Gasteiger partial charge >= 0.3 is 5.97 Å². The van der Waals surface area contributed by atoms with Gasteiger partial charge in [0.05, 0.1) is 12.2 Å². The summed E-state index contributed by atoms with van der Waals surface area (Å²) in [7, 11) is 0. The Labute approximate surface area is 59.2 Å². The van der Waals surface area contributed by atoms with Crippen LogP contribution in [0.2, 0.25) is 0 Å². The van der Waals surface area contributed by atoms with Crippen molar-refractivity contribution in [3.63, 3.8) is 0 Å². The van der Waals surface area contributed by atoms with Gasteiger partial charge in [0, 0.05) is 12.4 Å². The van der Waals surface area contributed by atoms with Crippen LogP contribution < -0.4 is 5.73 Å². The maximum atomic E-state index is 10.7. The Kier molecular flexibility index (Phi) is 3.95. The van der Waals surface area contributed by atoms with Crippen LogP contribution in [0, 0.1) is 5.41 Å². The lowest BCUT2D eigenvalue weighted by molar-refractivity contribution is -0.137. The Hall–Kier alpha value is -1.32. The first kappa shape index (κ1) is 8.68. The second-order valence-corrected chi connectivity index (χ2v) is 1.49. The number of esters is 1. The SMILES string of the molecule is CCOC(=O)/C(C=N)=C/N. The predicted octanol–water partition coefficient (Wildman–Crippen LogP) is 0.0417. The molecule has 0 unspecified atom stereocenters. The summed E-state index contributed by atoms with van der Waals surface area (Å²) in [6.45, 7) is 1.99. The molecule has 0 atom stereocenters. The lowest BCUT2D eigenvalue weighted by Gasteiger charge is -1.98. The molecular formula is C6H10N2O2. The average Bonchev–Trinajstić information content (AvgIpc) is 1.91. The maximum absolute atomic E-state index is 10.7. The number of hydrogen-bond donors (Lipinski definition) is 2. The van der Waals surface area contributed by atoms with Gasteiger partial charge in [-0.05, 0) is 6.92 Å². The Bertz CT molecular complexity index is 163. The molecule has 0 aromatic carbocycles. The van der Waals surface area contributed by atoms with Crippen molar-refractivity contribution in [2.24, 2.45) is 5.73 Å². The summed E-state index contributed by atoms with van der Waals surface area (Å²) in [4.78, 5) is 10.7. The zero-order chi connectivity index (χ0) is 7.98. The van der Waals surface area contributed by atoms with E-state index in [0.29, 0.717) is 6.61 Å². The third-order valence-electron chi connectivity index (χ3n) is 0.846. The van der Waals surface area contributed by atoms with E-state index in [1.165, 1.54) is 0 Å². The molecule has 0 fully saturated rings. The summed E-state index contributed by atoms with van der Waals surface area (Å²) in [6, 6.07) is 0. The van der Waals surface area contributed by atoms with Crippen LogP contribution in [0.3, 0.4) is 0 Å². The Morgan fingerprint density at radius 1 is 1.80 bits per heavy atom. The summed E-state index contributed by atoms with van der Waals surface area (Å²) < 4.78 is 4.55. The first-order valence-electron chi connectivity index (χ1n) is 2.85. The number of rotatable bonds is 3. The van der Waals surface area contributed by atoms with E-state index >= 15 is 0 Å². The molecule has 0 aliphatic heterocycles. The molecule has 0 radical (unpaired) electrons. The van der Waals surface area contributed by atoms with E-state index < -0.39 is 5.97 Å². The molecule has 0 aliphatic carbocycles. The van der Waals surface area contributed by atoms with Gasteiger partial charge in [0.1, 0.15) is 0 Å². The van der Waals surface area contributed by atoms with E-state index in [9.17, 15) is 4.79 Å². The van der Waals surface area contributed by atoms with E-state index in [0.717, 1.165) is 12.4 Å². The minimum atomic E-state index is -0.556. The summed E-state index contributed by atoms with van der Waals surface area (Å²) in [5, 5.41) is 6.69. The molecule has 10 heavy (non-hydrogen) atoms. The number of ether oxygens (including phenoxy) is 1. The molecule has 0 aromatic rings. The van der Waals surface area contributed by atoms with Crippen LogP contribution in [0.25, 0.3) is 0 Å². The zero-order valence-corrected chi connectivity index (χ0v) is 5.76. The van der Waals surface area contributed by atoms with Crippen molar-refractivity contribution < 1.29 is 9.53 Å². The van der Waals surface area contributed by atoms with Gasteiger partial charge in [-0.2, -0.15) is 0 Å². The van der Waals surface area contributed by atoms with E-state index in [1.54, 1.807) is 6.92 Å². The fraction of sp³-hybridized carbons (Fsp3) is 0.333. The molecule has 0 bridgehead atoms. The van der Waals surface area contributed by atoms with Crippen molar-refractivity contribution in [3.8, 4) is 0 Å². The van der Waals surface area contributed by atoms with Gasteiger partial charge in [-0.1, -0.05) is 0 Å². The Balaban J connectivity index is 4.04. The first-order valence-corrected chi connectivity index (χ1v) is 2.85. The maximum Gasteiger partial charge on any atom is 0.341 e. The summed E-state index contributed by atoms with van der Waals surface area (Å²) in [6.07, 6.45) is 1.91. The van der Waals surface area contributed by atoms with Crippen molar-refractivity contribution in [2.45, 2.75) is 6.92 Å². The number of carbonyl (C=O) groups excluding carboxylic acids is 1. The van der Waals surface area contributed by atoms with E-state index in [4.69, 9.17) is 11.1 Å². The fourth-order valence-electron chi connectivity index (χ4n) is 0.390. The quantitative estimate of drug-likeness (QED) is 0.332. The highest BCUT2D eigenvalue weighted by Crippen LogP contribution is 1.90. The van der Waals surface area contributed by atoms with Crippen LogP contribution in [-0.4, -0.2) is 18.8 Å². The number of nitrogens with two attached hydrogens (primary N) is 1. The van der Waals surface area contributed by atoms with Crippen LogP contribution in [-0.2, 0) is 9.53 Å². The lowest BCUT2D eigenvalue weighted by Crippen LogP contribution is -2.09. The molecule has 4 heteroatoms. The van der Waals surface area contributed by atoms with Gasteiger partial charge in [0.2, 0.25) is 0 Å². The van der Waals surface area contributed by atoms with Crippen molar-refractivity contribution in [1.82, 2.24) is 0 Å². The fourth-order valence-corrected chi connectivity index (χ4v) is 0.390. The number of carbonyl (C=O) groups is 1. The topological polar surface area (TPSA) is 76.2 Å². The molecule has 3 N–H and O–H groups in total. The van der Waals surface area contributed by atoms with Gasteiger partial charge < -0.3 is 15.9 Å². The van der Waals surface area contributed by atoms with Gasteiger partial charge in [0.15, 0.2) is 0 Å². The highest BCUT2D eigenvalue weighted by Gasteiger charge is 2.04. The average molecular weight is 142 g/mol. The minimum Gasteiger partial charge on any atom is -0.462 e. The summed E-state index contributed by atoms with van der Waals surface area (Å²) in [5.74, 6) is -0.556. The van der Waals surface area contributed by atoms with Crippen molar-refractivity contribution in [1.29, 1.82) is 5.41 Å². The highest BCUT2D eigenvalue weighted by atomic mass is 16.5. The van der Waals surface area contributed by atoms with Crippen LogP contribution in [0.5, 0.6) is 0 Å². The minimum absolute atomic E-state index is 0.0712.